The number of carbonyl (C=O) groups excluding carboxylic acids is 1. The molecule has 3 aromatic carbocycles. The molecular formula is C27H20Cl2N2O. The SMILES string of the molecule is Cc1cc(/C=C2/C(=O)N(c3ccccc3)c3ccccc32)c(C)n1-c1cc(Cl)cc(Cl)c1. The summed E-state index contributed by atoms with van der Waals surface area (Å²) in [6, 6.07) is 25.2. The van der Waals surface area contributed by atoms with E-state index in [-0.39, 0.29) is 5.91 Å². The number of anilines is 2. The van der Waals surface area contributed by atoms with Gasteiger partial charge in [0.25, 0.3) is 5.91 Å². The molecule has 0 atom stereocenters. The Labute approximate surface area is 197 Å². The maximum atomic E-state index is 13.5. The molecule has 4 aromatic rings. The Morgan fingerprint density at radius 3 is 2.16 bits per heavy atom. The van der Waals surface area contributed by atoms with E-state index in [1.165, 1.54) is 0 Å². The van der Waals surface area contributed by atoms with Gasteiger partial charge in [-0.05, 0) is 68.0 Å². The zero-order valence-electron chi connectivity index (χ0n) is 17.6. The lowest BCUT2D eigenvalue weighted by molar-refractivity contribution is -0.112. The number of benzene rings is 3. The highest BCUT2D eigenvalue weighted by Gasteiger charge is 2.33. The van der Waals surface area contributed by atoms with Crippen LogP contribution in [-0.4, -0.2) is 10.5 Å². The van der Waals surface area contributed by atoms with E-state index < -0.39 is 0 Å². The van der Waals surface area contributed by atoms with Crippen molar-refractivity contribution in [3.05, 3.63) is 111 Å². The number of carbonyl (C=O) groups is 1. The summed E-state index contributed by atoms with van der Waals surface area (Å²) in [7, 11) is 0. The van der Waals surface area contributed by atoms with Crippen LogP contribution in [0.4, 0.5) is 11.4 Å². The molecule has 1 aliphatic heterocycles. The Morgan fingerprint density at radius 1 is 0.781 bits per heavy atom. The molecule has 32 heavy (non-hydrogen) atoms. The molecule has 0 spiro atoms. The number of para-hydroxylation sites is 2. The van der Waals surface area contributed by atoms with Crippen LogP contribution in [0, 0.1) is 13.8 Å². The quantitative estimate of drug-likeness (QED) is 0.289. The van der Waals surface area contributed by atoms with E-state index in [0.29, 0.717) is 15.6 Å². The van der Waals surface area contributed by atoms with Crippen LogP contribution in [0.3, 0.4) is 0 Å². The average molecular weight is 459 g/mol. The number of halogens is 2. The molecule has 3 nitrogen and oxygen atoms in total. The van der Waals surface area contributed by atoms with Crippen molar-refractivity contribution in [3.63, 3.8) is 0 Å². The molecule has 0 bridgehead atoms. The van der Waals surface area contributed by atoms with Crippen LogP contribution in [0.2, 0.25) is 10.0 Å². The molecule has 1 aromatic heterocycles. The van der Waals surface area contributed by atoms with E-state index in [4.69, 9.17) is 23.2 Å². The van der Waals surface area contributed by atoms with Gasteiger partial charge in [-0.25, -0.2) is 0 Å². The number of rotatable bonds is 3. The Balaban J connectivity index is 1.64. The highest BCUT2D eigenvalue weighted by molar-refractivity contribution is 6.38. The molecular weight excluding hydrogens is 439 g/mol. The molecule has 5 rings (SSSR count). The summed E-state index contributed by atoms with van der Waals surface area (Å²) in [6.45, 7) is 4.07. The molecule has 0 saturated heterocycles. The minimum atomic E-state index is -0.0343. The van der Waals surface area contributed by atoms with Crippen LogP contribution in [0.1, 0.15) is 22.5 Å². The molecule has 0 saturated carbocycles. The van der Waals surface area contributed by atoms with Gasteiger partial charge in [0.1, 0.15) is 0 Å². The van der Waals surface area contributed by atoms with Crippen LogP contribution >= 0.6 is 23.2 Å². The van der Waals surface area contributed by atoms with E-state index in [1.54, 1.807) is 11.0 Å². The fourth-order valence-corrected chi connectivity index (χ4v) is 4.88. The maximum Gasteiger partial charge on any atom is 0.263 e. The number of fused-ring (bicyclic) bond motifs is 1. The standard InChI is InChI=1S/C27H20Cl2N2O/c1-17-12-19(18(2)30(17)23-15-20(28)14-21(29)16-23)13-25-24-10-6-7-11-26(24)31(27(25)32)22-8-4-3-5-9-22/h3-16H,1-2H3/b25-13+. The van der Waals surface area contributed by atoms with Crippen molar-refractivity contribution in [3.8, 4) is 5.69 Å². The average Bonchev–Trinajstić information content (AvgIpc) is 3.21. The number of aromatic nitrogens is 1. The van der Waals surface area contributed by atoms with E-state index >= 15 is 0 Å². The molecule has 0 unspecified atom stereocenters. The Hall–Kier alpha value is -3.27. The summed E-state index contributed by atoms with van der Waals surface area (Å²) in [5.74, 6) is -0.0343. The molecule has 0 radical (unpaired) electrons. The first-order valence-corrected chi connectivity index (χ1v) is 11.1. The van der Waals surface area contributed by atoms with E-state index in [2.05, 4.69) is 10.6 Å². The Morgan fingerprint density at radius 2 is 1.44 bits per heavy atom. The summed E-state index contributed by atoms with van der Waals surface area (Å²) in [5, 5.41) is 1.16. The molecule has 0 N–H and O–H groups in total. The van der Waals surface area contributed by atoms with Crippen molar-refractivity contribution < 1.29 is 4.79 Å². The molecule has 2 heterocycles. The predicted octanol–water partition coefficient (Wildman–Crippen LogP) is 7.62. The maximum absolute atomic E-state index is 13.5. The number of amides is 1. The zero-order chi connectivity index (χ0) is 22.4. The largest absolute Gasteiger partial charge is 0.318 e. The normalized spacial score (nSPS) is 14.3. The first-order chi connectivity index (χ1) is 15.4. The smallest absolute Gasteiger partial charge is 0.263 e. The first kappa shape index (κ1) is 20.6. The van der Waals surface area contributed by atoms with Gasteiger partial charge in [-0.15, -0.1) is 0 Å². The molecule has 0 fully saturated rings. The first-order valence-electron chi connectivity index (χ1n) is 10.3. The number of nitrogens with zero attached hydrogens (tertiary/aromatic N) is 2. The second-order valence-corrected chi connectivity index (χ2v) is 8.71. The minimum Gasteiger partial charge on any atom is -0.318 e. The van der Waals surface area contributed by atoms with Gasteiger partial charge in [0.05, 0.1) is 11.3 Å². The number of hydrogen-bond donors (Lipinski definition) is 0. The molecule has 1 amide bonds. The van der Waals surface area contributed by atoms with Gasteiger partial charge >= 0.3 is 0 Å². The number of aryl methyl sites for hydroxylation is 1. The predicted molar refractivity (Wildman–Crippen MR) is 133 cm³/mol. The van der Waals surface area contributed by atoms with Crippen LogP contribution < -0.4 is 4.90 Å². The molecule has 158 valence electrons. The topological polar surface area (TPSA) is 25.2 Å². The van der Waals surface area contributed by atoms with Gasteiger partial charge in [0.15, 0.2) is 0 Å². The monoisotopic (exact) mass is 458 g/mol. The summed E-state index contributed by atoms with van der Waals surface area (Å²) in [4.78, 5) is 15.3. The molecule has 1 aliphatic rings. The highest BCUT2D eigenvalue weighted by Crippen LogP contribution is 2.42. The van der Waals surface area contributed by atoms with Gasteiger partial charge < -0.3 is 4.57 Å². The zero-order valence-corrected chi connectivity index (χ0v) is 19.2. The van der Waals surface area contributed by atoms with Crippen molar-refractivity contribution in [2.45, 2.75) is 13.8 Å². The van der Waals surface area contributed by atoms with Gasteiger partial charge in [-0.1, -0.05) is 59.6 Å². The fourth-order valence-electron chi connectivity index (χ4n) is 4.37. The highest BCUT2D eigenvalue weighted by atomic mass is 35.5. The summed E-state index contributed by atoms with van der Waals surface area (Å²) >= 11 is 12.5. The summed E-state index contributed by atoms with van der Waals surface area (Å²) in [6.07, 6.45) is 1.98. The van der Waals surface area contributed by atoms with Crippen LogP contribution in [0.25, 0.3) is 17.3 Å². The van der Waals surface area contributed by atoms with Crippen LogP contribution in [-0.2, 0) is 4.79 Å². The van der Waals surface area contributed by atoms with Crippen molar-refractivity contribution in [1.29, 1.82) is 0 Å². The van der Waals surface area contributed by atoms with Gasteiger partial charge in [0, 0.05) is 38.4 Å². The third-order valence-electron chi connectivity index (χ3n) is 5.76. The second-order valence-electron chi connectivity index (χ2n) is 7.84. The van der Waals surface area contributed by atoms with Crippen molar-refractivity contribution >= 4 is 52.1 Å². The lowest BCUT2D eigenvalue weighted by Crippen LogP contribution is -2.20. The molecule has 0 aliphatic carbocycles. The second kappa shape index (κ2) is 8.01. The lowest BCUT2D eigenvalue weighted by atomic mass is 10.0. The van der Waals surface area contributed by atoms with Gasteiger partial charge in [-0.2, -0.15) is 0 Å². The van der Waals surface area contributed by atoms with Crippen molar-refractivity contribution in [2.24, 2.45) is 0 Å². The van der Waals surface area contributed by atoms with Gasteiger partial charge in [-0.3, -0.25) is 9.69 Å². The molecule has 5 heteroatoms. The summed E-state index contributed by atoms with van der Waals surface area (Å²) in [5.41, 5.74) is 7.27. The van der Waals surface area contributed by atoms with Crippen molar-refractivity contribution in [2.75, 3.05) is 4.90 Å². The minimum absolute atomic E-state index is 0.0343. The van der Waals surface area contributed by atoms with Crippen molar-refractivity contribution in [1.82, 2.24) is 4.57 Å². The summed E-state index contributed by atoms with van der Waals surface area (Å²) < 4.78 is 2.10. The van der Waals surface area contributed by atoms with E-state index in [0.717, 1.165) is 39.6 Å². The lowest BCUT2D eigenvalue weighted by Gasteiger charge is -2.16. The number of hydrogen-bond acceptors (Lipinski definition) is 1. The fraction of sp³-hybridized carbons (Fsp3) is 0.0741. The van der Waals surface area contributed by atoms with E-state index in [1.807, 2.05) is 86.7 Å². The van der Waals surface area contributed by atoms with Gasteiger partial charge in [0.2, 0.25) is 0 Å². The Kier molecular flexibility index (Phi) is 5.16. The van der Waals surface area contributed by atoms with E-state index in [9.17, 15) is 4.79 Å². The Bertz CT molecular complexity index is 1370. The van der Waals surface area contributed by atoms with Crippen LogP contribution in [0.15, 0.2) is 78.9 Å². The third-order valence-corrected chi connectivity index (χ3v) is 6.20. The van der Waals surface area contributed by atoms with Crippen LogP contribution in [0.5, 0.6) is 0 Å². The third kappa shape index (κ3) is 3.44.